The summed E-state index contributed by atoms with van der Waals surface area (Å²) in [6, 6.07) is 13.7. The monoisotopic (exact) mass is 402 g/mol. The first-order valence-corrected chi connectivity index (χ1v) is 10.5. The summed E-state index contributed by atoms with van der Waals surface area (Å²) in [7, 11) is 2.72. The van der Waals surface area contributed by atoms with Crippen LogP contribution in [0.1, 0.15) is 6.92 Å². The highest BCUT2D eigenvalue weighted by atomic mass is 32.2. The van der Waals surface area contributed by atoms with Crippen LogP contribution < -0.4 is 10.0 Å². The molecule has 27 heavy (non-hydrogen) atoms. The molecule has 0 spiro atoms. The fourth-order valence-electron chi connectivity index (χ4n) is 2.54. The Morgan fingerprint density at radius 1 is 1.19 bits per heavy atom. The van der Waals surface area contributed by atoms with Crippen LogP contribution in [0.25, 0.3) is 21.3 Å². The fourth-order valence-corrected chi connectivity index (χ4v) is 4.38. The number of hydrogen-bond donors (Lipinski definition) is 2. The van der Waals surface area contributed by atoms with Gasteiger partial charge in [-0.3, -0.25) is 4.79 Å². The third-order valence-corrected chi connectivity index (χ3v) is 5.93. The summed E-state index contributed by atoms with van der Waals surface area (Å²) >= 11 is 1.44. The van der Waals surface area contributed by atoms with Gasteiger partial charge in [0, 0.05) is 20.0 Å². The minimum atomic E-state index is -1.25. The van der Waals surface area contributed by atoms with E-state index in [2.05, 4.69) is 15.0 Å². The minimum Gasteiger partial charge on any atom is -0.308 e. The minimum absolute atomic E-state index is 0.133. The van der Waals surface area contributed by atoms with E-state index in [1.165, 1.54) is 18.3 Å². The molecule has 0 saturated carbocycles. The lowest BCUT2D eigenvalue weighted by Gasteiger charge is -2.10. The van der Waals surface area contributed by atoms with Gasteiger partial charge in [0.05, 0.1) is 15.1 Å². The Bertz CT molecular complexity index is 985. The standard InChI is InChI=1S/C19H22N4O2S2/c1-13(24)21-19-22-17-8-7-15(12-18(17)26-19)14-5-4-6-16(11-14)27(25)20-9-10-23(2)3/h4-8,11-12,20H,9-10H2,1-3H3,(H,21,22,24). The molecule has 8 heteroatoms. The van der Waals surface area contributed by atoms with Gasteiger partial charge >= 0.3 is 0 Å². The second-order valence-corrected chi connectivity index (χ2v) is 8.71. The van der Waals surface area contributed by atoms with Crippen LogP contribution in [0.4, 0.5) is 5.13 Å². The van der Waals surface area contributed by atoms with Gasteiger partial charge in [-0.2, -0.15) is 0 Å². The second kappa shape index (κ2) is 8.71. The van der Waals surface area contributed by atoms with E-state index in [-0.39, 0.29) is 5.91 Å². The first kappa shape index (κ1) is 19.6. The summed E-state index contributed by atoms with van der Waals surface area (Å²) < 4.78 is 16.5. The zero-order valence-corrected chi connectivity index (χ0v) is 17.1. The Labute approximate surface area is 165 Å². The van der Waals surface area contributed by atoms with Crippen molar-refractivity contribution < 1.29 is 9.00 Å². The number of hydrogen-bond acceptors (Lipinski definition) is 5. The number of rotatable bonds is 7. The lowest BCUT2D eigenvalue weighted by atomic mass is 10.1. The van der Waals surface area contributed by atoms with Crippen molar-refractivity contribution >= 4 is 43.6 Å². The molecular weight excluding hydrogens is 380 g/mol. The van der Waals surface area contributed by atoms with E-state index < -0.39 is 11.0 Å². The number of fused-ring (bicyclic) bond motifs is 1. The zero-order valence-electron chi connectivity index (χ0n) is 15.5. The van der Waals surface area contributed by atoms with Crippen molar-refractivity contribution in [2.45, 2.75) is 11.8 Å². The molecule has 0 fully saturated rings. The van der Waals surface area contributed by atoms with Crippen LogP contribution in [0.5, 0.6) is 0 Å². The normalized spacial score (nSPS) is 12.4. The molecule has 1 atom stereocenters. The molecule has 1 heterocycles. The van der Waals surface area contributed by atoms with E-state index in [4.69, 9.17) is 0 Å². The average molecular weight is 403 g/mol. The van der Waals surface area contributed by atoms with E-state index in [1.807, 2.05) is 61.5 Å². The number of nitrogens with one attached hydrogen (secondary N) is 2. The molecule has 1 unspecified atom stereocenters. The topological polar surface area (TPSA) is 74.3 Å². The molecule has 0 aliphatic carbocycles. The molecule has 2 N–H and O–H groups in total. The highest BCUT2D eigenvalue weighted by Gasteiger charge is 2.09. The maximum Gasteiger partial charge on any atom is 0.223 e. The van der Waals surface area contributed by atoms with Gasteiger partial charge in [-0.25, -0.2) is 13.9 Å². The van der Waals surface area contributed by atoms with Gasteiger partial charge in [0.2, 0.25) is 5.91 Å². The number of benzene rings is 2. The summed E-state index contributed by atoms with van der Waals surface area (Å²) in [5.41, 5.74) is 2.86. The van der Waals surface area contributed by atoms with Crippen LogP contribution in [-0.4, -0.2) is 47.2 Å². The summed E-state index contributed by atoms with van der Waals surface area (Å²) in [5, 5.41) is 3.31. The molecule has 6 nitrogen and oxygen atoms in total. The van der Waals surface area contributed by atoms with Gasteiger partial charge in [-0.05, 0) is 49.5 Å². The van der Waals surface area contributed by atoms with Gasteiger partial charge in [-0.1, -0.05) is 29.5 Å². The van der Waals surface area contributed by atoms with Crippen LogP contribution >= 0.6 is 11.3 Å². The highest BCUT2D eigenvalue weighted by Crippen LogP contribution is 2.31. The first-order chi connectivity index (χ1) is 12.9. The van der Waals surface area contributed by atoms with Crippen LogP contribution in [0.2, 0.25) is 0 Å². The number of thiazole rings is 1. The first-order valence-electron chi connectivity index (χ1n) is 8.51. The van der Waals surface area contributed by atoms with E-state index in [0.717, 1.165) is 32.8 Å². The molecule has 1 amide bonds. The van der Waals surface area contributed by atoms with Crippen molar-refractivity contribution in [3.05, 3.63) is 42.5 Å². The van der Waals surface area contributed by atoms with Crippen molar-refractivity contribution in [2.24, 2.45) is 0 Å². The maximum absolute atomic E-state index is 12.5. The number of carbonyl (C=O) groups excluding carboxylic acids is 1. The Morgan fingerprint density at radius 2 is 1.96 bits per heavy atom. The number of anilines is 1. The largest absolute Gasteiger partial charge is 0.308 e. The smallest absolute Gasteiger partial charge is 0.223 e. The van der Waals surface area contributed by atoms with Crippen molar-refractivity contribution in [3.63, 3.8) is 0 Å². The molecule has 142 valence electrons. The lowest BCUT2D eigenvalue weighted by Crippen LogP contribution is -2.27. The molecule has 0 radical (unpaired) electrons. The predicted molar refractivity (Wildman–Crippen MR) is 112 cm³/mol. The van der Waals surface area contributed by atoms with Crippen LogP contribution in [-0.2, 0) is 15.8 Å². The molecule has 1 aromatic heterocycles. The van der Waals surface area contributed by atoms with E-state index in [9.17, 15) is 9.00 Å². The molecule has 0 bridgehead atoms. The lowest BCUT2D eigenvalue weighted by molar-refractivity contribution is -0.114. The number of likely N-dealkylation sites (N-methyl/N-ethyl adjacent to an activating group) is 1. The van der Waals surface area contributed by atoms with Gasteiger partial charge in [-0.15, -0.1) is 0 Å². The third-order valence-electron chi connectivity index (χ3n) is 3.85. The Kier molecular flexibility index (Phi) is 6.33. The van der Waals surface area contributed by atoms with Gasteiger partial charge in [0.25, 0.3) is 0 Å². The van der Waals surface area contributed by atoms with Crippen molar-refractivity contribution in [3.8, 4) is 11.1 Å². The average Bonchev–Trinajstić information content (AvgIpc) is 3.01. The van der Waals surface area contributed by atoms with Crippen LogP contribution in [0.3, 0.4) is 0 Å². The number of amides is 1. The summed E-state index contributed by atoms with van der Waals surface area (Å²) in [5.74, 6) is -0.133. The number of aromatic nitrogens is 1. The quantitative estimate of drug-likeness (QED) is 0.637. The van der Waals surface area contributed by atoms with E-state index >= 15 is 0 Å². The van der Waals surface area contributed by atoms with E-state index in [1.54, 1.807) is 0 Å². The van der Waals surface area contributed by atoms with Crippen molar-refractivity contribution in [1.82, 2.24) is 14.6 Å². The Balaban J connectivity index is 1.81. The van der Waals surface area contributed by atoms with Crippen LogP contribution in [0.15, 0.2) is 47.4 Å². The molecular formula is C19H22N4O2S2. The van der Waals surface area contributed by atoms with Crippen LogP contribution in [0, 0.1) is 0 Å². The van der Waals surface area contributed by atoms with Crippen molar-refractivity contribution in [2.75, 3.05) is 32.5 Å². The second-order valence-electron chi connectivity index (χ2n) is 6.38. The number of carbonyl (C=O) groups is 1. The molecule has 0 aliphatic rings. The maximum atomic E-state index is 12.5. The van der Waals surface area contributed by atoms with Crippen molar-refractivity contribution in [1.29, 1.82) is 0 Å². The summed E-state index contributed by atoms with van der Waals surface area (Å²) in [4.78, 5) is 18.4. The number of nitrogens with zero attached hydrogens (tertiary/aromatic N) is 2. The molecule has 0 aliphatic heterocycles. The third kappa shape index (κ3) is 5.20. The summed E-state index contributed by atoms with van der Waals surface area (Å²) in [6.07, 6.45) is 0. The molecule has 0 saturated heterocycles. The SMILES string of the molecule is CC(=O)Nc1nc2ccc(-c3cccc(S(=O)NCCN(C)C)c3)cc2s1. The molecule has 2 aromatic carbocycles. The predicted octanol–water partition coefficient (Wildman–Crippen LogP) is 3.10. The van der Waals surface area contributed by atoms with E-state index in [0.29, 0.717) is 11.7 Å². The van der Waals surface area contributed by atoms with Gasteiger partial charge < -0.3 is 10.2 Å². The Hall–Kier alpha value is -2.13. The van der Waals surface area contributed by atoms with Gasteiger partial charge in [0.15, 0.2) is 5.13 Å². The zero-order chi connectivity index (χ0) is 19.4. The molecule has 3 rings (SSSR count). The fraction of sp³-hybridized carbons (Fsp3) is 0.263. The van der Waals surface area contributed by atoms with Gasteiger partial charge in [0.1, 0.15) is 11.0 Å². The summed E-state index contributed by atoms with van der Waals surface area (Å²) in [6.45, 7) is 2.95. The Morgan fingerprint density at radius 3 is 2.70 bits per heavy atom. The highest BCUT2D eigenvalue weighted by molar-refractivity contribution is 7.83. The molecule has 3 aromatic rings.